The van der Waals surface area contributed by atoms with Crippen LogP contribution in [0.25, 0.3) is 0 Å². The molecule has 0 aliphatic heterocycles. The van der Waals surface area contributed by atoms with Gasteiger partial charge in [-0.2, -0.15) is 0 Å². The predicted octanol–water partition coefficient (Wildman–Crippen LogP) is -3.50. The van der Waals surface area contributed by atoms with Crippen LogP contribution < -0.4 is 38.9 Å². The van der Waals surface area contributed by atoms with Crippen LogP contribution in [0.2, 0.25) is 0 Å². The number of carboxylic acid groups (broad SMARTS) is 1. The highest BCUT2D eigenvalue weighted by atomic mass is 16.4. The molecule has 1 aromatic rings. The van der Waals surface area contributed by atoms with Gasteiger partial charge in [0.05, 0.1) is 12.1 Å². The summed E-state index contributed by atoms with van der Waals surface area (Å²) in [6.45, 7) is 1.34. The van der Waals surface area contributed by atoms with E-state index in [0.29, 0.717) is 5.56 Å². The molecule has 5 atom stereocenters. The van der Waals surface area contributed by atoms with Gasteiger partial charge in [-0.25, -0.2) is 4.79 Å². The Balaban J connectivity index is 2.99. The summed E-state index contributed by atoms with van der Waals surface area (Å²) in [6.07, 6.45) is -1.78. The van der Waals surface area contributed by atoms with Gasteiger partial charge in [0.15, 0.2) is 5.96 Å². The summed E-state index contributed by atoms with van der Waals surface area (Å²) in [5.41, 5.74) is 22.2. The van der Waals surface area contributed by atoms with E-state index in [0.717, 1.165) is 0 Å². The third-order valence-corrected chi connectivity index (χ3v) is 5.66. The second-order valence-electron chi connectivity index (χ2n) is 9.12. The smallest absolute Gasteiger partial charge is 0.326 e. The number of amides is 4. The van der Waals surface area contributed by atoms with Gasteiger partial charge in [0, 0.05) is 13.0 Å². The zero-order valence-corrected chi connectivity index (χ0v) is 22.1. The van der Waals surface area contributed by atoms with Gasteiger partial charge in [0.25, 0.3) is 0 Å². The molecule has 0 aliphatic rings. The molecule has 4 amide bonds. The molecule has 1 rings (SSSR count). The van der Waals surface area contributed by atoms with Crippen LogP contribution in [0.5, 0.6) is 5.75 Å². The third kappa shape index (κ3) is 12.4. The summed E-state index contributed by atoms with van der Waals surface area (Å²) in [4.78, 5) is 65.1. The van der Waals surface area contributed by atoms with Crippen LogP contribution in [0.4, 0.5) is 0 Å². The number of rotatable bonds is 17. The lowest BCUT2D eigenvalue weighted by Gasteiger charge is -2.26. The van der Waals surface area contributed by atoms with Crippen LogP contribution in [0, 0.1) is 0 Å². The number of hydrogen-bond acceptors (Lipinski definition) is 9. The number of carbonyl (C=O) groups is 5. The number of nitrogens with zero attached hydrogens (tertiary/aromatic N) is 1. The quantitative estimate of drug-likeness (QED) is 0.0501. The minimum Gasteiger partial charge on any atom is -0.508 e. The normalized spacial score (nSPS) is 14.5. The maximum atomic E-state index is 13.0. The number of phenols is 1. The fourth-order valence-corrected chi connectivity index (χ4v) is 3.49. The molecule has 16 heteroatoms. The van der Waals surface area contributed by atoms with E-state index in [1.54, 1.807) is 12.1 Å². The van der Waals surface area contributed by atoms with Crippen LogP contribution in [-0.2, 0) is 30.4 Å². The molecule has 5 unspecified atom stereocenters. The van der Waals surface area contributed by atoms with Gasteiger partial charge in [0.2, 0.25) is 23.6 Å². The number of benzene rings is 1. The molecule has 0 saturated carbocycles. The van der Waals surface area contributed by atoms with Crippen molar-refractivity contribution < 1.29 is 39.3 Å². The number of primary amides is 1. The third-order valence-electron chi connectivity index (χ3n) is 5.66. The van der Waals surface area contributed by atoms with Crippen molar-refractivity contribution in [2.75, 3.05) is 6.54 Å². The number of guanidine groups is 1. The molecule has 0 aliphatic carbocycles. The SMILES string of the molecule is CC(O)C(NC(=O)C(N)Cc1ccc(O)cc1)C(=O)NC(CCCN=C(N)N)C(=O)NC(CCC(N)=O)C(=O)O. The van der Waals surface area contributed by atoms with Crippen molar-refractivity contribution in [3.63, 3.8) is 0 Å². The lowest BCUT2D eigenvalue weighted by Crippen LogP contribution is -2.60. The number of carbonyl (C=O) groups excluding carboxylic acids is 4. The first-order chi connectivity index (χ1) is 18.7. The molecule has 222 valence electrons. The molecule has 0 fully saturated rings. The fraction of sp³-hybridized carbons (Fsp3) is 0.500. The Bertz CT molecular complexity index is 1060. The maximum absolute atomic E-state index is 13.0. The zero-order chi connectivity index (χ0) is 30.4. The molecule has 0 heterocycles. The van der Waals surface area contributed by atoms with Gasteiger partial charge < -0.3 is 54.2 Å². The summed E-state index contributed by atoms with van der Waals surface area (Å²) in [6, 6.07) is 0.570. The van der Waals surface area contributed by atoms with Crippen molar-refractivity contribution in [3.05, 3.63) is 29.8 Å². The molecule has 40 heavy (non-hydrogen) atoms. The van der Waals surface area contributed by atoms with E-state index in [2.05, 4.69) is 20.9 Å². The van der Waals surface area contributed by atoms with E-state index in [4.69, 9.17) is 22.9 Å². The van der Waals surface area contributed by atoms with Crippen molar-refractivity contribution in [1.82, 2.24) is 16.0 Å². The zero-order valence-electron chi connectivity index (χ0n) is 22.1. The van der Waals surface area contributed by atoms with Gasteiger partial charge >= 0.3 is 5.97 Å². The molecular formula is C24H38N8O8. The number of phenolic OH excluding ortho intramolecular Hbond substituents is 1. The molecule has 0 aromatic heterocycles. The highest BCUT2D eigenvalue weighted by Crippen LogP contribution is 2.11. The van der Waals surface area contributed by atoms with E-state index in [1.165, 1.54) is 19.1 Å². The second kappa shape index (κ2) is 16.5. The van der Waals surface area contributed by atoms with Gasteiger partial charge in [-0.05, 0) is 50.3 Å². The van der Waals surface area contributed by atoms with Crippen LogP contribution in [0.3, 0.4) is 0 Å². The van der Waals surface area contributed by atoms with E-state index < -0.39 is 59.9 Å². The van der Waals surface area contributed by atoms with Gasteiger partial charge in [0.1, 0.15) is 23.9 Å². The van der Waals surface area contributed by atoms with E-state index in [1.807, 2.05) is 0 Å². The van der Waals surface area contributed by atoms with Crippen molar-refractivity contribution in [2.24, 2.45) is 27.9 Å². The summed E-state index contributed by atoms with van der Waals surface area (Å²) in [5, 5.41) is 36.0. The van der Waals surface area contributed by atoms with E-state index in [-0.39, 0.29) is 50.4 Å². The maximum Gasteiger partial charge on any atom is 0.326 e. The Morgan fingerprint density at radius 1 is 0.900 bits per heavy atom. The standard InChI is InChI=1S/C24H38N8O8/c1-12(33)19(32-20(36)15(25)11-13-4-6-14(34)7-5-13)22(38)30-16(3-2-10-29-24(27)28)21(37)31-17(23(39)40)8-9-18(26)35/h4-7,12,15-17,19,33-34H,2-3,8-11,25H2,1H3,(H2,26,35)(H,30,38)(H,31,37)(H,32,36)(H,39,40)(H4,27,28,29). The Kier molecular flexibility index (Phi) is 13.9. The Labute approximate surface area is 230 Å². The first kappa shape index (κ1) is 33.6. The minimum absolute atomic E-state index is 0.0343. The van der Waals surface area contributed by atoms with Crippen molar-refractivity contribution >= 4 is 35.6 Å². The van der Waals surface area contributed by atoms with E-state index in [9.17, 15) is 39.3 Å². The number of nitrogens with one attached hydrogen (secondary N) is 3. The summed E-state index contributed by atoms with van der Waals surface area (Å²) in [7, 11) is 0. The number of aliphatic carboxylic acids is 1. The molecule has 0 radical (unpaired) electrons. The Morgan fingerprint density at radius 3 is 2.02 bits per heavy atom. The van der Waals surface area contributed by atoms with E-state index >= 15 is 0 Å². The van der Waals surface area contributed by atoms with Crippen molar-refractivity contribution in [2.45, 2.75) is 69.3 Å². The number of aromatic hydroxyl groups is 1. The van der Waals surface area contributed by atoms with Crippen LogP contribution in [0.1, 0.15) is 38.2 Å². The first-order valence-electron chi connectivity index (χ1n) is 12.4. The monoisotopic (exact) mass is 566 g/mol. The topological polar surface area (TPSA) is 299 Å². The molecular weight excluding hydrogens is 528 g/mol. The molecule has 0 spiro atoms. The Hall–Kier alpha value is -4.44. The lowest BCUT2D eigenvalue weighted by atomic mass is 10.0. The molecule has 0 saturated heterocycles. The molecule has 0 bridgehead atoms. The summed E-state index contributed by atoms with van der Waals surface area (Å²) < 4.78 is 0. The van der Waals surface area contributed by atoms with Gasteiger partial charge in [-0.3, -0.25) is 24.2 Å². The highest BCUT2D eigenvalue weighted by molar-refractivity contribution is 5.94. The average molecular weight is 567 g/mol. The predicted molar refractivity (Wildman–Crippen MR) is 143 cm³/mol. The van der Waals surface area contributed by atoms with Crippen molar-refractivity contribution in [1.29, 1.82) is 0 Å². The molecule has 1 aromatic carbocycles. The molecule has 14 N–H and O–H groups in total. The van der Waals surface area contributed by atoms with Crippen molar-refractivity contribution in [3.8, 4) is 5.75 Å². The number of carboxylic acids is 1. The average Bonchev–Trinajstić information content (AvgIpc) is 2.86. The van der Waals surface area contributed by atoms with Crippen LogP contribution in [0.15, 0.2) is 29.3 Å². The van der Waals surface area contributed by atoms with Crippen LogP contribution >= 0.6 is 0 Å². The number of hydrogen-bond donors (Lipinski definition) is 10. The number of aliphatic hydroxyl groups excluding tert-OH is 1. The Morgan fingerprint density at radius 2 is 1.50 bits per heavy atom. The highest BCUT2D eigenvalue weighted by Gasteiger charge is 2.32. The minimum atomic E-state index is -1.52. The number of aliphatic hydroxyl groups is 1. The first-order valence-corrected chi connectivity index (χ1v) is 12.4. The van der Waals surface area contributed by atoms with Gasteiger partial charge in [-0.15, -0.1) is 0 Å². The fourth-order valence-electron chi connectivity index (χ4n) is 3.49. The number of aliphatic imine (C=N–C) groups is 1. The summed E-state index contributed by atoms with van der Waals surface area (Å²) >= 11 is 0. The lowest BCUT2D eigenvalue weighted by molar-refractivity contribution is -0.142. The second-order valence-corrected chi connectivity index (χ2v) is 9.12. The molecule has 16 nitrogen and oxygen atoms in total. The largest absolute Gasteiger partial charge is 0.508 e. The van der Waals surface area contributed by atoms with Crippen LogP contribution in [-0.4, -0.2) is 87.7 Å². The summed E-state index contributed by atoms with van der Waals surface area (Å²) in [5.74, 6) is -4.94. The van der Waals surface area contributed by atoms with Gasteiger partial charge in [-0.1, -0.05) is 12.1 Å². The number of nitrogens with two attached hydrogens (primary N) is 4.